The number of nitrogens with zero attached hydrogens (tertiary/aromatic N) is 1. The summed E-state index contributed by atoms with van der Waals surface area (Å²) in [6, 6.07) is 25.2. The molecule has 2 N–H and O–H groups in total. The average molecular weight is 455 g/mol. The van der Waals surface area contributed by atoms with Crippen molar-refractivity contribution in [2.24, 2.45) is 0 Å². The van der Waals surface area contributed by atoms with Gasteiger partial charge in [0.1, 0.15) is 11.5 Å². The normalized spacial score (nSPS) is 16.4. The number of aryl methyl sites for hydroxylation is 1. The highest BCUT2D eigenvalue weighted by Crippen LogP contribution is 2.35. The van der Waals surface area contributed by atoms with Gasteiger partial charge >= 0.3 is 0 Å². The number of fused-ring (bicyclic) bond motifs is 1. The molecule has 3 aromatic carbocycles. The standard InChI is InChI=1S/C30H34N2O2/c1-22-28-20-26(33)13-16-29(28)32(30(22)24-8-4-2-5-9-24)21-23-11-14-27(15-12-23)34-19-17-25-10-6-3-7-18-31-25/h2,4-5,8-9,11-16,20,25,31,33H,3,6-7,10,17-19,21H2,1H3. The van der Waals surface area contributed by atoms with Crippen LogP contribution >= 0.6 is 0 Å². The van der Waals surface area contributed by atoms with Gasteiger partial charge in [-0.1, -0.05) is 55.3 Å². The van der Waals surface area contributed by atoms with Gasteiger partial charge in [0.05, 0.1) is 12.3 Å². The first-order valence-electron chi connectivity index (χ1n) is 12.5. The zero-order valence-electron chi connectivity index (χ0n) is 20.0. The van der Waals surface area contributed by atoms with Gasteiger partial charge < -0.3 is 19.7 Å². The van der Waals surface area contributed by atoms with Crippen LogP contribution in [0.2, 0.25) is 0 Å². The first kappa shape index (κ1) is 22.5. The Kier molecular flexibility index (Phi) is 6.87. The molecule has 1 aliphatic rings. The zero-order chi connectivity index (χ0) is 23.3. The summed E-state index contributed by atoms with van der Waals surface area (Å²) in [7, 11) is 0. The molecular formula is C30H34N2O2. The number of aromatic nitrogens is 1. The lowest BCUT2D eigenvalue weighted by Gasteiger charge is -2.16. The number of aromatic hydroxyl groups is 1. The van der Waals surface area contributed by atoms with Crippen molar-refractivity contribution in [1.29, 1.82) is 0 Å². The molecule has 1 fully saturated rings. The van der Waals surface area contributed by atoms with E-state index in [1.54, 1.807) is 6.07 Å². The smallest absolute Gasteiger partial charge is 0.119 e. The molecule has 4 nitrogen and oxygen atoms in total. The zero-order valence-corrected chi connectivity index (χ0v) is 20.0. The summed E-state index contributed by atoms with van der Waals surface area (Å²) in [5, 5.41) is 14.8. The van der Waals surface area contributed by atoms with E-state index < -0.39 is 0 Å². The van der Waals surface area contributed by atoms with Gasteiger partial charge in [0.2, 0.25) is 0 Å². The summed E-state index contributed by atoms with van der Waals surface area (Å²) in [6.45, 7) is 4.78. The van der Waals surface area contributed by atoms with Crippen molar-refractivity contribution in [1.82, 2.24) is 9.88 Å². The Labute approximate surface area is 202 Å². The molecule has 1 aliphatic heterocycles. The highest BCUT2D eigenvalue weighted by molar-refractivity contribution is 5.92. The number of phenolic OH excluding ortho intramolecular Hbond substituents is 1. The Morgan fingerprint density at radius 2 is 1.79 bits per heavy atom. The van der Waals surface area contributed by atoms with Crippen molar-refractivity contribution >= 4 is 10.9 Å². The number of phenols is 1. The van der Waals surface area contributed by atoms with E-state index >= 15 is 0 Å². The van der Waals surface area contributed by atoms with Crippen LogP contribution in [0, 0.1) is 6.92 Å². The van der Waals surface area contributed by atoms with E-state index in [0.29, 0.717) is 11.8 Å². The van der Waals surface area contributed by atoms with Gasteiger partial charge in [-0.05, 0) is 79.8 Å². The van der Waals surface area contributed by atoms with Crippen LogP contribution in [0.4, 0.5) is 0 Å². The lowest BCUT2D eigenvalue weighted by atomic mass is 10.1. The molecule has 4 aromatic rings. The van der Waals surface area contributed by atoms with Gasteiger partial charge in [-0.3, -0.25) is 0 Å². The fourth-order valence-corrected chi connectivity index (χ4v) is 5.18. The fourth-order valence-electron chi connectivity index (χ4n) is 5.18. The Morgan fingerprint density at radius 1 is 0.971 bits per heavy atom. The third kappa shape index (κ3) is 4.97. The average Bonchev–Trinajstić information content (AvgIpc) is 3.01. The van der Waals surface area contributed by atoms with Crippen LogP contribution in [0.5, 0.6) is 11.5 Å². The maximum Gasteiger partial charge on any atom is 0.119 e. The molecule has 0 radical (unpaired) electrons. The third-order valence-electron chi connectivity index (χ3n) is 7.01. The maximum atomic E-state index is 10.1. The molecular weight excluding hydrogens is 420 g/mol. The van der Waals surface area contributed by atoms with Crippen molar-refractivity contribution in [2.45, 2.75) is 51.6 Å². The van der Waals surface area contributed by atoms with Gasteiger partial charge in [-0.25, -0.2) is 0 Å². The van der Waals surface area contributed by atoms with E-state index in [0.717, 1.165) is 42.8 Å². The number of ether oxygens (including phenoxy) is 1. The second-order valence-electron chi connectivity index (χ2n) is 9.41. The first-order valence-corrected chi connectivity index (χ1v) is 12.5. The Bertz CT molecular complexity index is 1220. The van der Waals surface area contributed by atoms with E-state index in [-0.39, 0.29) is 0 Å². The Balaban J connectivity index is 1.34. The molecule has 1 saturated heterocycles. The van der Waals surface area contributed by atoms with Crippen LogP contribution in [0.15, 0.2) is 72.8 Å². The molecule has 176 valence electrons. The SMILES string of the molecule is Cc1c(-c2ccccc2)n(Cc2ccc(OCCC3CCCCCN3)cc2)c2ccc(O)cc12. The summed E-state index contributed by atoms with van der Waals surface area (Å²) in [5.41, 5.74) is 5.91. The topological polar surface area (TPSA) is 46.4 Å². The van der Waals surface area contributed by atoms with Crippen LogP contribution in [0.25, 0.3) is 22.2 Å². The molecule has 0 amide bonds. The lowest BCUT2D eigenvalue weighted by Crippen LogP contribution is -2.29. The maximum absolute atomic E-state index is 10.1. The van der Waals surface area contributed by atoms with E-state index in [9.17, 15) is 5.11 Å². The first-order chi connectivity index (χ1) is 16.7. The monoisotopic (exact) mass is 454 g/mol. The van der Waals surface area contributed by atoms with E-state index in [1.165, 1.54) is 48.1 Å². The summed E-state index contributed by atoms with van der Waals surface area (Å²) < 4.78 is 8.41. The van der Waals surface area contributed by atoms with E-state index in [4.69, 9.17) is 4.74 Å². The van der Waals surface area contributed by atoms with Gasteiger partial charge in [0.25, 0.3) is 0 Å². The highest BCUT2D eigenvalue weighted by Gasteiger charge is 2.17. The van der Waals surface area contributed by atoms with Crippen molar-refractivity contribution in [2.75, 3.05) is 13.2 Å². The second-order valence-corrected chi connectivity index (χ2v) is 9.41. The summed E-state index contributed by atoms with van der Waals surface area (Å²) in [5.74, 6) is 1.23. The molecule has 0 spiro atoms. The molecule has 0 bridgehead atoms. The quantitative estimate of drug-likeness (QED) is 0.328. The van der Waals surface area contributed by atoms with E-state index in [1.807, 2.05) is 18.2 Å². The highest BCUT2D eigenvalue weighted by atomic mass is 16.5. The molecule has 0 saturated carbocycles. The van der Waals surface area contributed by atoms with Crippen molar-refractivity contribution in [3.8, 4) is 22.8 Å². The number of hydrogen-bond acceptors (Lipinski definition) is 3. The van der Waals surface area contributed by atoms with Crippen LogP contribution in [-0.4, -0.2) is 28.9 Å². The van der Waals surface area contributed by atoms with Gasteiger partial charge in [-0.2, -0.15) is 0 Å². The molecule has 5 rings (SSSR count). The van der Waals surface area contributed by atoms with Crippen LogP contribution in [0.1, 0.15) is 43.2 Å². The largest absolute Gasteiger partial charge is 0.508 e. The van der Waals surface area contributed by atoms with Gasteiger partial charge in [0.15, 0.2) is 0 Å². The van der Waals surface area contributed by atoms with E-state index in [2.05, 4.69) is 65.3 Å². The minimum Gasteiger partial charge on any atom is -0.508 e. The van der Waals surface area contributed by atoms with Crippen LogP contribution in [0.3, 0.4) is 0 Å². The van der Waals surface area contributed by atoms with Crippen molar-refractivity contribution < 1.29 is 9.84 Å². The van der Waals surface area contributed by atoms with Crippen LogP contribution in [-0.2, 0) is 6.54 Å². The fraction of sp³-hybridized carbons (Fsp3) is 0.333. The number of rotatable bonds is 7. The summed E-state index contributed by atoms with van der Waals surface area (Å²) >= 11 is 0. The summed E-state index contributed by atoms with van der Waals surface area (Å²) in [6.07, 6.45) is 6.28. The predicted molar refractivity (Wildman–Crippen MR) is 140 cm³/mol. The minimum atomic E-state index is 0.299. The summed E-state index contributed by atoms with van der Waals surface area (Å²) in [4.78, 5) is 0. The van der Waals surface area contributed by atoms with Gasteiger partial charge in [0, 0.05) is 23.5 Å². The molecule has 1 aromatic heterocycles. The Hall–Kier alpha value is -3.24. The second kappa shape index (κ2) is 10.4. The predicted octanol–water partition coefficient (Wildman–Crippen LogP) is 6.67. The third-order valence-corrected chi connectivity index (χ3v) is 7.01. The number of hydrogen-bond donors (Lipinski definition) is 2. The molecule has 34 heavy (non-hydrogen) atoms. The molecule has 0 aliphatic carbocycles. The molecule has 1 atom stereocenters. The minimum absolute atomic E-state index is 0.299. The van der Waals surface area contributed by atoms with Crippen molar-refractivity contribution in [3.05, 3.63) is 83.9 Å². The molecule has 2 heterocycles. The molecule has 1 unspecified atom stereocenters. The van der Waals surface area contributed by atoms with Gasteiger partial charge in [-0.15, -0.1) is 0 Å². The number of benzene rings is 3. The lowest BCUT2D eigenvalue weighted by molar-refractivity contribution is 0.283. The molecule has 4 heteroatoms. The number of nitrogens with one attached hydrogen (secondary N) is 1. The van der Waals surface area contributed by atoms with Crippen LogP contribution < -0.4 is 10.1 Å². The Morgan fingerprint density at radius 3 is 2.62 bits per heavy atom. The van der Waals surface area contributed by atoms with Crippen molar-refractivity contribution in [3.63, 3.8) is 0 Å².